The van der Waals surface area contributed by atoms with Crippen LogP contribution < -0.4 is 0 Å². The molecule has 2 aromatic heterocycles. The molecule has 82 valence electrons. The van der Waals surface area contributed by atoms with Crippen molar-refractivity contribution in [2.75, 3.05) is 0 Å². The van der Waals surface area contributed by atoms with Crippen molar-refractivity contribution in [3.05, 3.63) is 23.3 Å². The fourth-order valence-corrected chi connectivity index (χ4v) is 2.07. The molecule has 0 spiro atoms. The smallest absolute Gasteiger partial charge is 0.372 e. The quantitative estimate of drug-likeness (QED) is 0.776. The van der Waals surface area contributed by atoms with Crippen LogP contribution in [0.4, 0.5) is 0 Å². The number of rotatable bonds is 1. The third kappa shape index (κ3) is 1.04. The van der Waals surface area contributed by atoms with Gasteiger partial charge in [0.25, 0.3) is 0 Å². The molecule has 1 N–H and O–H groups in total. The van der Waals surface area contributed by atoms with Gasteiger partial charge in [-0.1, -0.05) is 5.16 Å². The molecule has 0 saturated heterocycles. The predicted octanol–water partition coefficient (Wildman–Crippen LogP) is 1.10. The summed E-state index contributed by atoms with van der Waals surface area (Å²) >= 11 is 0. The van der Waals surface area contributed by atoms with Crippen molar-refractivity contribution in [2.24, 2.45) is 0 Å². The minimum absolute atomic E-state index is 0.0568. The fourth-order valence-electron chi connectivity index (χ4n) is 2.07. The number of nitrogens with zero attached hydrogens (tertiary/aromatic N) is 3. The highest BCUT2D eigenvalue weighted by Gasteiger charge is 2.26. The zero-order valence-corrected chi connectivity index (χ0v) is 8.60. The molecule has 1 aliphatic rings. The summed E-state index contributed by atoms with van der Waals surface area (Å²) < 4.78 is 6.76. The number of hydrogen-bond donors (Lipinski definition) is 1. The van der Waals surface area contributed by atoms with Gasteiger partial charge in [-0.2, -0.15) is 0 Å². The fraction of sp³-hybridized carbons (Fsp3) is 0.300. The van der Waals surface area contributed by atoms with E-state index < -0.39 is 5.97 Å². The molecule has 1 aliphatic heterocycles. The average molecular weight is 219 g/mol. The number of hydrogen-bond acceptors (Lipinski definition) is 4. The Morgan fingerprint density at radius 1 is 1.62 bits per heavy atom. The topological polar surface area (TPSA) is 81.2 Å². The van der Waals surface area contributed by atoms with E-state index in [1.807, 2.05) is 6.92 Å². The van der Waals surface area contributed by atoms with Crippen molar-refractivity contribution < 1.29 is 14.4 Å². The Hall–Kier alpha value is -2.11. The van der Waals surface area contributed by atoms with Gasteiger partial charge in [0.15, 0.2) is 0 Å². The van der Waals surface area contributed by atoms with E-state index in [4.69, 9.17) is 9.63 Å². The summed E-state index contributed by atoms with van der Waals surface area (Å²) in [4.78, 5) is 14.8. The molecule has 16 heavy (non-hydrogen) atoms. The van der Waals surface area contributed by atoms with E-state index in [2.05, 4.69) is 10.1 Å². The van der Waals surface area contributed by atoms with Crippen LogP contribution in [0, 0.1) is 6.92 Å². The van der Waals surface area contributed by atoms with E-state index in [9.17, 15) is 4.79 Å². The SMILES string of the molecule is Cc1onc2c1CCn1c-2cnc1C(=O)O. The van der Waals surface area contributed by atoms with E-state index in [0.717, 1.165) is 23.4 Å². The third-order valence-electron chi connectivity index (χ3n) is 2.86. The standard InChI is InChI=1S/C10H9N3O3/c1-5-6-2-3-13-7(8(6)12-16-5)4-11-9(13)10(14)15/h4H,2-3H2,1H3,(H,14,15). The van der Waals surface area contributed by atoms with Crippen LogP contribution in [0.5, 0.6) is 0 Å². The summed E-state index contributed by atoms with van der Waals surface area (Å²) in [5.41, 5.74) is 2.48. The molecule has 3 heterocycles. The summed E-state index contributed by atoms with van der Waals surface area (Å²) in [6, 6.07) is 0. The lowest BCUT2D eigenvalue weighted by Gasteiger charge is -2.14. The Bertz CT molecular complexity index is 582. The molecule has 0 bridgehead atoms. The van der Waals surface area contributed by atoms with Crippen LogP contribution >= 0.6 is 0 Å². The van der Waals surface area contributed by atoms with Gasteiger partial charge in [0.2, 0.25) is 5.82 Å². The maximum atomic E-state index is 10.9. The zero-order chi connectivity index (χ0) is 11.3. The lowest BCUT2D eigenvalue weighted by Crippen LogP contribution is -2.16. The first-order valence-electron chi connectivity index (χ1n) is 4.93. The van der Waals surface area contributed by atoms with Crippen LogP contribution in [0.3, 0.4) is 0 Å². The molecule has 6 heteroatoms. The van der Waals surface area contributed by atoms with Crippen molar-refractivity contribution >= 4 is 5.97 Å². The molecule has 0 amide bonds. The van der Waals surface area contributed by atoms with Gasteiger partial charge >= 0.3 is 5.97 Å². The van der Waals surface area contributed by atoms with Crippen LogP contribution in [0.2, 0.25) is 0 Å². The van der Waals surface area contributed by atoms with Gasteiger partial charge in [0.1, 0.15) is 11.5 Å². The van der Waals surface area contributed by atoms with E-state index in [1.54, 1.807) is 4.57 Å². The van der Waals surface area contributed by atoms with Gasteiger partial charge in [-0.3, -0.25) is 0 Å². The lowest BCUT2D eigenvalue weighted by atomic mass is 10.1. The molecule has 0 fully saturated rings. The van der Waals surface area contributed by atoms with Gasteiger partial charge in [0.05, 0.1) is 11.9 Å². The second-order valence-corrected chi connectivity index (χ2v) is 3.74. The van der Waals surface area contributed by atoms with Crippen LogP contribution in [0.25, 0.3) is 11.4 Å². The molecule has 0 saturated carbocycles. The first-order chi connectivity index (χ1) is 7.68. The molecule has 6 nitrogen and oxygen atoms in total. The maximum absolute atomic E-state index is 10.9. The number of aromatic nitrogens is 3. The highest BCUT2D eigenvalue weighted by molar-refractivity contribution is 5.85. The van der Waals surface area contributed by atoms with Crippen LogP contribution in [-0.4, -0.2) is 25.8 Å². The van der Waals surface area contributed by atoms with Crippen molar-refractivity contribution in [3.63, 3.8) is 0 Å². The Kier molecular flexibility index (Phi) is 1.68. The number of fused-ring (bicyclic) bond motifs is 3. The Balaban J connectivity index is 2.23. The molecule has 0 atom stereocenters. The summed E-state index contributed by atoms with van der Waals surface area (Å²) in [6.07, 6.45) is 2.26. The largest absolute Gasteiger partial charge is 0.475 e. The monoisotopic (exact) mass is 219 g/mol. The number of imidazole rings is 1. The molecule has 0 aliphatic carbocycles. The number of aromatic carboxylic acids is 1. The molecule has 3 rings (SSSR count). The number of carbonyl (C=O) groups is 1. The summed E-state index contributed by atoms with van der Waals surface area (Å²) in [7, 11) is 0. The minimum Gasteiger partial charge on any atom is -0.475 e. The number of carboxylic acids is 1. The Labute approximate surface area is 90.5 Å². The third-order valence-corrected chi connectivity index (χ3v) is 2.86. The van der Waals surface area contributed by atoms with Crippen molar-refractivity contribution in [1.82, 2.24) is 14.7 Å². The van der Waals surface area contributed by atoms with Crippen LogP contribution in [0.1, 0.15) is 21.9 Å². The van der Waals surface area contributed by atoms with Crippen molar-refractivity contribution in [2.45, 2.75) is 19.9 Å². The van der Waals surface area contributed by atoms with E-state index in [-0.39, 0.29) is 5.82 Å². The van der Waals surface area contributed by atoms with Gasteiger partial charge in [-0.15, -0.1) is 0 Å². The lowest BCUT2D eigenvalue weighted by molar-refractivity contribution is 0.0678. The predicted molar refractivity (Wildman–Crippen MR) is 53.1 cm³/mol. The highest BCUT2D eigenvalue weighted by atomic mass is 16.5. The molecule has 0 radical (unpaired) electrons. The van der Waals surface area contributed by atoms with Gasteiger partial charge in [-0.05, 0) is 13.3 Å². The average Bonchev–Trinajstić information content (AvgIpc) is 2.81. The van der Waals surface area contributed by atoms with Gasteiger partial charge < -0.3 is 14.2 Å². The normalized spacial score (nSPS) is 13.3. The summed E-state index contributed by atoms with van der Waals surface area (Å²) in [5, 5.41) is 12.9. The second kappa shape index (κ2) is 2.94. The van der Waals surface area contributed by atoms with Gasteiger partial charge in [-0.25, -0.2) is 9.78 Å². The first kappa shape index (κ1) is 9.14. The Morgan fingerprint density at radius 3 is 3.19 bits per heavy atom. The first-order valence-corrected chi connectivity index (χ1v) is 4.93. The second-order valence-electron chi connectivity index (χ2n) is 3.74. The van der Waals surface area contributed by atoms with Crippen molar-refractivity contribution in [1.29, 1.82) is 0 Å². The molecular formula is C10H9N3O3. The highest BCUT2D eigenvalue weighted by Crippen LogP contribution is 2.31. The van der Waals surface area contributed by atoms with Crippen LogP contribution in [0.15, 0.2) is 10.7 Å². The molecule has 0 unspecified atom stereocenters. The molecule has 0 aromatic carbocycles. The molecule has 2 aromatic rings. The Morgan fingerprint density at radius 2 is 2.44 bits per heavy atom. The van der Waals surface area contributed by atoms with E-state index in [0.29, 0.717) is 12.2 Å². The maximum Gasteiger partial charge on any atom is 0.372 e. The zero-order valence-electron chi connectivity index (χ0n) is 8.60. The number of aryl methyl sites for hydroxylation is 1. The van der Waals surface area contributed by atoms with E-state index >= 15 is 0 Å². The molecular weight excluding hydrogens is 210 g/mol. The van der Waals surface area contributed by atoms with Gasteiger partial charge in [0, 0.05) is 12.1 Å². The van der Waals surface area contributed by atoms with E-state index in [1.165, 1.54) is 6.20 Å². The summed E-state index contributed by atoms with van der Waals surface area (Å²) in [6.45, 7) is 2.46. The minimum atomic E-state index is -1.02. The van der Waals surface area contributed by atoms with Crippen LogP contribution in [-0.2, 0) is 13.0 Å². The summed E-state index contributed by atoms with van der Waals surface area (Å²) in [5.74, 6) is -0.171. The number of carboxylic acid groups (broad SMARTS) is 1. The van der Waals surface area contributed by atoms with Crippen molar-refractivity contribution in [3.8, 4) is 11.4 Å².